The molecule has 1 N–H and O–H groups in total. The van der Waals surface area contributed by atoms with E-state index in [0.29, 0.717) is 22.1 Å². The van der Waals surface area contributed by atoms with E-state index < -0.39 is 12.0 Å². The second-order valence-corrected chi connectivity index (χ2v) is 8.28. The van der Waals surface area contributed by atoms with Crippen LogP contribution in [0.3, 0.4) is 0 Å². The van der Waals surface area contributed by atoms with E-state index in [9.17, 15) is 18.0 Å². The first kappa shape index (κ1) is 20.2. The molecule has 0 fully saturated rings. The van der Waals surface area contributed by atoms with Crippen molar-refractivity contribution < 1.29 is 18.0 Å². The van der Waals surface area contributed by atoms with Gasteiger partial charge in [0.15, 0.2) is 5.13 Å². The van der Waals surface area contributed by atoms with Gasteiger partial charge in [-0.1, -0.05) is 20.8 Å². The number of amides is 1. The van der Waals surface area contributed by atoms with Crippen molar-refractivity contribution in [1.29, 1.82) is 0 Å². The first-order valence-electron chi connectivity index (χ1n) is 8.42. The van der Waals surface area contributed by atoms with Crippen LogP contribution in [-0.2, 0) is 22.8 Å². The molecule has 0 atom stereocenters. The third kappa shape index (κ3) is 3.98. The second kappa shape index (κ2) is 6.80. The molecule has 7 nitrogen and oxygen atoms in total. The average molecular weight is 412 g/mol. The summed E-state index contributed by atoms with van der Waals surface area (Å²) in [4.78, 5) is 24.3. The van der Waals surface area contributed by atoms with E-state index in [-0.39, 0.29) is 23.5 Å². The Hall–Kier alpha value is -2.56. The average Bonchev–Trinajstić information content (AvgIpc) is 3.17. The van der Waals surface area contributed by atoms with E-state index in [1.165, 1.54) is 11.3 Å². The fourth-order valence-electron chi connectivity index (χ4n) is 2.58. The zero-order valence-electron chi connectivity index (χ0n) is 16.0. The van der Waals surface area contributed by atoms with Gasteiger partial charge in [-0.3, -0.25) is 4.79 Å². The van der Waals surface area contributed by atoms with Gasteiger partial charge in [-0.15, -0.1) is 16.4 Å². The van der Waals surface area contributed by atoms with Crippen molar-refractivity contribution in [1.82, 2.24) is 24.6 Å². The lowest BCUT2D eigenvalue weighted by molar-refractivity contribution is -0.144. The van der Waals surface area contributed by atoms with Crippen LogP contribution < -0.4 is 5.32 Å². The number of nitrogens with one attached hydrogen (secondary N) is 1. The molecule has 0 saturated carbocycles. The molecule has 3 aromatic rings. The van der Waals surface area contributed by atoms with Crippen molar-refractivity contribution in [2.75, 3.05) is 5.32 Å². The molecule has 0 aromatic carbocycles. The number of anilines is 1. The summed E-state index contributed by atoms with van der Waals surface area (Å²) >= 11 is 1.32. The highest BCUT2D eigenvalue weighted by Crippen LogP contribution is 2.28. The summed E-state index contributed by atoms with van der Waals surface area (Å²) in [6.45, 7) is 9.27. The number of thiazole rings is 1. The number of carbonyl (C=O) groups is 1. The molecule has 3 heterocycles. The fourth-order valence-corrected chi connectivity index (χ4v) is 3.54. The number of fused-ring (bicyclic) bond motifs is 1. The van der Waals surface area contributed by atoms with Crippen LogP contribution in [0, 0.1) is 13.8 Å². The first-order chi connectivity index (χ1) is 12.9. The number of carbonyl (C=O) groups excluding carboxylic acids is 1. The Morgan fingerprint density at radius 3 is 2.43 bits per heavy atom. The maximum Gasteiger partial charge on any atom is 0.453 e. The topological polar surface area (TPSA) is 85.1 Å². The normalized spacial score (nSPS) is 12.6. The van der Waals surface area contributed by atoms with Crippen molar-refractivity contribution in [3.63, 3.8) is 0 Å². The van der Waals surface area contributed by atoms with Crippen molar-refractivity contribution in [2.45, 2.75) is 52.6 Å². The van der Waals surface area contributed by atoms with Gasteiger partial charge in [0, 0.05) is 27.7 Å². The van der Waals surface area contributed by atoms with Crippen LogP contribution in [0.25, 0.3) is 5.78 Å². The summed E-state index contributed by atoms with van der Waals surface area (Å²) in [5, 5.41) is 8.57. The van der Waals surface area contributed by atoms with Crippen LogP contribution in [0.1, 0.15) is 49.2 Å². The standard InChI is InChI=1S/C17H19F3N6OS/c1-8-10(6-12(27)23-15-22-11(7-28-15)16(3,4)5)9(2)26-14(21-8)24-13(25-26)17(18,19)20/h7H,6H2,1-5H3,(H,22,23,27). The highest BCUT2D eigenvalue weighted by Gasteiger charge is 2.37. The number of nitrogens with zero attached hydrogens (tertiary/aromatic N) is 5. The maximum atomic E-state index is 12.9. The molecule has 0 aliphatic rings. The Morgan fingerprint density at radius 1 is 1.18 bits per heavy atom. The van der Waals surface area contributed by atoms with Crippen LogP contribution in [0.15, 0.2) is 5.38 Å². The minimum Gasteiger partial charge on any atom is -0.302 e. The second-order valence-electron chi connectivity index (χ2n) is 7.42. The molecule has 0 aliphatic heterocycles. The molecule has 28 heavy (non-hydrogen) atoms. The third-order valence-corrected chi connectivity index (χ3v) is 4.92. The molecule has 0 unspecified atom stereocenters. The van der Waals surface area contributed by atoms with Gasteiger partial charge in [0.1, 0.15) is 0 Å². The Bertz CT molecular complexity index is 1050. The van der Waals surface area contributed by atoms with E-state index in [1.54, 1.807) is 13.8 Å². The monoisotopic (exact) mass is 412 g/mol. The summed E-state index contributed by atoms with van der Waals surface area (Å²) in [5.74, 6) is -1.75. The van der Waals surface area contributed by atoms with Crippen molar-refractivity contribution in [3.05, 3.63) is 33.8 Å². The minimum absolute atomic E-state index is 0.0632. The van der Waals surface area contributed by atoms with Crippen molar-refractivity contribution in [2.24, 2.45) is 0 Å². The van der Waals surface area contributed by atoms with Crippen LogP contribution >= 0.6 is 11.3 Å². The molecule has 3 aromatic heterocycles. The largest absolute Gasteiger partial charge is 0.453 e. The van der Waals surface area contributed by atoms with Gasteiger partial charge in [-0.05, 0) is 13.8 Å². The number of hydrogen-bond donors (Lipinski definition) is 1. The van der Waals surface area contributed by atoms with Gasteiger partial charge < -0.3 is 5.32 Å². The van der Waals surface area contributed by atoms with E-state index in [4.69, 9.17) is 0 Å². The Morgan fingerprint density at radius 2 is 1.86 bits per heavy atom. The number of hydrogen-bond acceptors (Lipinski definition) is 6. The first-order valence-corrected chi connectivity index (χ1v) is 9.30. The third-order valence-electron chi connectivity index (χ3n) is 4.16. The molecule has 0 saturated heterocycles. The minimum atomic E-state index is -4.67. The van der Waals surface area contributed by atoms with Gasteiger partial charge in [0.05, 0.1) is 12.1 Å². The van der Waals surface area contributed by atoms with Crippen molar-refractivity contribution >= 4 is 28.2 Å². The van der Waals surface area contributed by atoms with Crippen LogP contribution in [0.4, 0.5) is 18.3 Å². The number of alkyl halides is 3. The lowest BCUT2D eigenvalue weighted by Crippen LogP contribution is -2.18. The van der Waals surface area contributed by atoms with Crippen LogP contribution in [0.5, 0.6) is 0 Å². The highest BCUT2D eigenvalue weighted by molar-refractivity contribution is 7.13. The Balaban J connectivity index is 1.85. The molecule has 0 aliphatic carbocycles. The van der Waals surface area contributed by atoms with E-state index >= 15 is 0 Å². The van der Waals surface area contributed by atoms with Gasteiger partial charge in [0.2, 0.25) is 5.91 Å². The summed E-state index contributed by atoms with van der Waals surface area (Å²) < 4.78 is 39.6. The molecule has 150 valence electrons. The summed E-state index contributed by atoms with van der Waals surface area (Å²) in [5.41, 5.74) is 2.04. The predicted molar refractivity (Wildman–Crippen MR) is 98.4 cm³/mol. The Labute approximate surface area is 163 Å². The zero-order valence-corrected chi connectivity index (χ0v) is 16.8. The summed E-state index contributed by atoms with van der Waals surface area (Å²) in [6.07, 6.45) is -4.73. The molecular formula is C17H19F3N6OS. The zero-order chi connectivity index (χ0) is 20.9. The van der Waals surface area contributed by atoms with Crippen LogP contribution in [0.2, 0.25) is 0 Å². The van der Waals surface area contributed by atoms with E-state index in [1.807, 2.05) is 26.2 Å². The number of halogens is 3. The molecule has 0 spiro atoms. The van der Waals surface area contributed by atoms with Gasteiger partial charge >= 0.3 is 6.18 Å². The molecular weight excluding hydrogens is 393 g/mol. The highest BCUT2D eigenvalue weighted by atomic mass is 32.1. The van der Waals surface area contributed by atoms with E-state index in [2.05, 4.69) is 25.4 Å². The lowest BCUT2D eigenvalue weighted by atomic mass is 9.93. The van der Waals surface area contributed by atoms with Gasteiger partial charge in [-0.25, -0.2) is 14.5 Å². The maximum absolute atomic E-state index is 12.9. The van der Waals surface area contributed by atoms with Crippen molar-refractivity contribution in [3.8, 4) is 0 Å². The molecule has 0 radical (unpaired) electrons. The number of aryl methyl sites for hydroxylation is 2. The van der Waals surface area contributed by atoms with Gasteiger partial charge in [0.25, 0.3) is 11.6 Å². The Kier molecular flexibility index (Phi) is 4.90. The molecule has 0 bridgehead atoms. The summed E-state index contributed by atoms with van der Waals surface area (Å²) in [6, 6.07) is 0. The predicted octanol–water partition coefficient (Wildman–Crippen LogP) is 3.70. The molecule has 11 heteroatoms. The number of rotatable bonds is 3. The van der Waals surface area contributed by atoms with Crippen LogP contribution in [-0.4, -0.2) is 30.5 Å². The quantitative estimate of drug-likeness (QED) is 0.709. The lowest BCUT2D eigenvalue weighted by Gasteiger charge is -2.14. The van der Waals surface area contributed by atoms with Gasteiger partial charge in [-0.2, -0.15) is 18.2 Å². The number of aromatic nitrogens is 5. The smallest absolute Gasteiger partial charge is 0.302 e. The SMILES string of the molecule is Cc1nc2nc(C(F)(F)F)nn2c(C)c1CC(=O)Nc1nc(C(C)(C)C)cs1. The fraction of sp³-hybridized carbons (Fsp3) is 0.471. The molecule has 3 rings (SSSR count). The molecule has 1 amide bonds. The summed E-state index contributed by atoms with van der Waals surface area (Å²) in [7, 11) is 0. The van der Waals surface area contributed by atoms with E-state index in [0.717, 1.165) is 10.2 Å².